The third-order valence-electron chi connectivity index (χ3n) is 2.66. The van der Waals surface area contributed by atoms with Crippen molar-refractivity contribution in [2.45, 2.75) is 18.9 Å². The molecule has 1 aliphatic rings. The van der Waals surface area contributed by atoms with Gasteiger partial charge in [0.15, 0.2) is 0 Å². The zero-order chi connectivity index (χ0) is 10.5. The summed E-state index contributed by atoms with van der Waals surface area (Å²) in [5.41, 5.74) is 1.11. The normalized spacial score (nSPS) is 16.3. The van der Waals surface area contributed by atoms with E-state index < -0.39 is 0 Å². The Kier molecular flexibility index (Phi) is 6.33. The molecule has 16 heavy (non-hydrogen) atoms. The summed E-state index contributed by atoms with van der Waals surface area (Å²) >= 11 is 0. The van der Waals surface area contributed by atoms with Gasteiger partial charge in [0.25, 0.3) is 0 Å². The number of hydrogen-bond acceptors (Lipinski definition) is 2. The molecule has 0 saturated carbocycles. The number of hydrogen-bond donors (Lipinski definition) is 1. The van der Waals surface area contributed by atoms with Crippen molar-refractivity contribution in [3.8, 4) is 5.75 Å². The minimum Gasteiger partial charge on any atom is -0.662 e. The smallest absolute Gasteiger partial charge is 0.119 e. The van der Waals surface area contributed by atoms with E-state index in [2.05, 4.69) is 10.6 Å². The van der Waals surface area contributed by atoms with Gasteiger partial charge in [-0.15, -0.1) is 13.1 Å². The average molecular weight is 294 g/mol. The maximum atomic E-state index is 5.87. The summed E-state index contributed by atoms with van der Waals surface area (Å²) < 4.78 is 5.87. The van der Waals surface area contributed by atoms with Crippen LogP contribution in [0.25, 0.3) is 5.32 Å². The fourth-order valence-electron chi connectivity index (χ4n) is 1.74. The Bertz CT molecular complexity index is 296. The molecule has 0 atom stereocenters. The van der Waals surface area contributed by atoms with Gasteiger partial charge in [-0.1, -0.05) is 0 Å². The van der Waals surface area contributed by atoms with Gasteiger partial charge in [0, 0.05) is 45.4 Å². The van der Waals surface area contributed by atoms with Crippen LogP contribution in [-0.2, 0) is 32.7 Å². The molecule has 1 aromatic rings. The van der Waals surface area contributed by atoms with Crippen LogP contribution in [0.2, 0.25) is 0 Å². The van der Waals surface area contributed by atoms with Gasteiger partial charge in [-0.3, -0.25) is 0 Å². The van der Waals surface area contributed by atoms with E-state index in [1.54, 1.807) is 0 Å². The van der Waals surface area contributed by atoms with Crippen LogP contribution in [0.4, 0.5) is 5.69 Å². The van der Waals surface area contributed by atoms with Crippen molar-refractivity contribution < 1.29 is 37.4 Å². The van der Waals surface area contributed by atoms with Gasteiger partial charge in [0.1, 0.15) is 5.75 Å². The molecule has 0 aliphatic carbocycles. The maximum absolute atomic E-state index is 5.87. The molecular weight excluding hydrogens is 277 g/mol. The molecule has 0 bridgehead atoms. The summed E-state index contributed by atoms with van der Waals surface area (Å²) in [6.07, 6.45) is 2.45. The van der Waals surface area contributed by atoms with Gasteiger partial charge in [-0.05, 0) is 37.1 Å². The van der Waals surface area contributed by atoms with Gasteiger partial charge < -0.3 is 15.4 Å². The van der Waals surface area contributed by atoms with Crippen molar-refractivity contribution >= 4 is 5.69 Å². The second kappa shape index (κ2) is 7.26. The van der Waals surface area contributed by atoms with Gasteiger partial charge in [-0.25, -0.2) is 0 Å². The number of nitrogens with zero attached hydrogens (tertiary/aromatic N) is 1. The summed E-state index contributed by atoms with van der Waals surface area (Å²) in [7, 11) is 1.92. The summed E-state index contributed by atoms with van der Waals surface area (Å²) in [6.45, 7) is 1.89. The number of rotatable bonds is 3. The van der Waals surface area contributed by atoms with Gasteiger partial charge in [-0.2, -0.15) is 0 Å². The molecule has 2 rings (SSSR count). The molecule has 1 aliphatic heterocycles. The van der Waals surface area contributed by atoms with Crippen molar-refractivity contribution in [2.75, 3.05) is 25.5 Å². The number of ether oxygens (including phenoxy) is 1. The molecule has 1 aromatic carbocycles. The zero-order valence-electron chi connectivity index (χ0n) is 9.65. The van der Waals surface area contributed by atoms with E-state index in [4.69, 9.17) is 4.74 Å². The van der Waals surface area contributed by atoms with E-state index >= 15 is 0 Å². The Labute approximate surface area is 122 Å². The maximum Gasteiger partial charge on any atom is 0.119 e. The Hall–Kier alpha value is -0.116. The van der Waals surface area contributed by atoms with Crippen LogP contribution >= 0.6 is 0 Å². The topological polar surface area (TPSA) is 35.4 Å². The standard InChI is InChI=1S/C12H17N2O.Y/c1-13-10-2-4-11(5-3-10)15-12-6-8-14-9-7-12;/h2-5,12-13H,6-9H2,1H3;/q-1;. The van der Waals surface area contributed by atoms with Crippen LogP contribution < -0.4 is 10.1 Å². The molecule has 1 saturated heterocycles. The molecule has 1 radical (unpaired) electrons. The molecule has 1 fully saturated rings. The SMILES string of the molecule is CNc1ccc(OC2CC[N-]CC2)cc1.[Y]. The Morgan fingerprint density at radius 1 is 1.19 bits per heavy atom. The predicted octanol–water partition coefficient (Wildman–Crippen LogP) is 2.64. The largest absolute Gasteiger partial charge is 0.662 e. The molecule has 0 unspecified atom stereocenters. The number of benzene rings is 1. The second-order valence-electron chi connectivity index (χ2n) is 3.76. The van der Waals surface area contributed by atoms with E-state index in [1.165, 1.54) is 0 Å². The number of piperidine rings is 1. The molecular formula is C12H17N2OY-. The van der Waals surface area contributed by atoms with Gasteiger partial charge in [0.2, 0.25) is 0 Å². The van der Waals surface area contributed by atoms with Crippen LogP contribution in [0.15, 0.2) is 24.3 Å². The molecule has 0 spiro atoms. The molecule has 85 valence electrons. The van der Waals surface area contributed by atoms with Crippen LogP contribution in [0.3, 0.4) is 0 Å². The van der Waals surface area contributed by atoms with E-state index in [-0.39, 0.29) is 32.7 Å². The first-order valence-electron chi connectivity index (χ1n) is 5.46. The zero-order valence-corrected chi connectivity index (χ0v) is 12.5. The first-order valence-corrected chi connectivity index (χ1v) is 5.46. The van der Waals surface area contributed by atoms with E-state index in [0.29, 0.717) is 6.10 Å². The van der Waals surface area contributed by atoms with Crippen molar-refractivity contribution in [1.29, 1.82) is 0 Å². The summed E-state index contributed by atoms with van der Waals surface area (Å²) in [5, 5.41) is 7.39. The van der Waals surface area contributed by atoms with E-state index in [1.807, 2.05) is 31.3 Å². The summed E-state index contributed by atoms with van der Waals surface area (Å²) in [4.78, 5) is 0. The van der Waals surface area contributed by atoms with Gasteiger partial charge in [0.05, 0.1) is 6.10 Å². The Morgan fingerprint density at radius 3 is 2.38 bits per heavy atom. The Morgan fingerprint density at radius 2 is 1.81 bits per heavy atom. The van der Waals surface area contributed by atoms with Crippen LogP contribution in [0.5, 0.6) is 5.75 Å². The van der Waals surface area contributed by atoms with E-state index in [9.17, 15) is 0 Å². The number of nitrogens with one attached hydrogen (secondary N) is 1. The molecule has 0 aromatic heterocycles. The molecule has 1 N–H and O–H groups in total. The van der Waals surface area contributed by atoms with Crippen LogP contribution in [0.1, 0.15) is 12.8 Å². The average Bonchev–Trinajstić information content (AvgIpc) is 2.31. The van der Waals surface area contributed by atoms with Crippen molar-refractivity contribution in [2.24, 2.45) is 0 Å². The fraction of sp³-hybridized carbons (Fsp3) is 0.500. The third-order valence-corrected chi connectivity index (χ3v) is 2.66. The van der Waals surface area contributed by atoms with E-state index in [0.717, 1.165) is 37.4 Å². The Balaban J connectivity index is 0.00000128. The first-order chi connectivity index (χ1) is 7.38. The second-order valence-corrected chi connectivity index (χ2v) is 3.76. The number of anilines is 1. The molecule has 3 nitrogen and oxygen atoms in total. The van der Waals surface area contributed by atoms with Crippen molar-refractivity contribution in [3.05, 3.63) is 29.6 Å². The molecule has 4 heteroatoms. The predicted molar refractivity (Wildman–Crippen MR) is 62.7 cm³/mol. The summed E-state index contributed by atoms with van der Waals surface area (Å²) in [5.74, 6) is 0.959. The summed E-state index contributed by atoms with van der Waals surface area (Å²) in [6, 6.07) is 8.08. The minimum atomic E-state index is 0. The minimum absolute atomic E-state index is 0. The van der Waals surface area contributed by atoms with Crippen molar-refractivity contribution in [3.63, 3.8) is 0 Å². The fourth-order valence-corrected chi connectivity index (χ4v) is 1.74. The molecule has 1 heterocycles. The van der Waals surface area contributed by atoms with Gasteiger partial charge >= 0.3 is 0 Å². The quantitative estimate of drug-likeness (QED) is 0.930. The van der Waals surface area contributed by atoms with Crippen LogP contribution in [-0.4, -0.2) is 26.2 Å². The third kappa shape index (κ3) is 4.04. The van der Waals surface area contributed by atoms with Crippen molar-refractivity contribution in [1.82, 2.24) is 0 Å². The van der Waals surface area contributed by atoms with Crippen LogP contribution in [0, 0.1) is 0 Å². The first kappa shape index (κ1) is 13.9. The molecule has 0 amide bonds. The monoisotopic (exact) mass is 294 g/mol.